The van der Waals surface area contributed by atoms with Crippen LogP contribution in [0, 0.1) is 29.1 Å². The number of nitrogens with one attached hydrogen (secondary N) is 3. The third-order valence-electron chi connectivity index (χ3n) is 7.49. The molecule has 0 aromatic carbocycles. The highest BCUT2D eigenvalue weighted by molar-refractivity contribution is 5.95. The van der Waals surface area contributed by atoms with Crippen LogP contribution in [0.5, 0.6) is 0 Å². The summed E-state index contributed by atoms with van der Waals surface area (Å²) in [4.78, 5) is 64.2. The Morgan fingerprint density at radius 1 is 1.18 bits per heavy atom. The maximum atomic E-state index is 13.4. The molecular formula is C23H37N5O5. The molecule has 5 amide bonds. The second-order valence-electron chi connectivity index (χ2n) is 10.7. The normalized spacial score (nSPS) is 29.2. The molecule has 1 saturated carbocycles. The minimum Gasteiger partial charge on any atom is -0.368 e. The highest BCUT2D eigenvalue weighted by Gasteiger charge is 2.69. The van der Waals surface area contributed by atoms with E-state index in [2.05, 4.69) is 29.8 Å². The average Bonchev–Trinajstić information content (AvgIpc) is 3.07. The SMILES string of the molecule is CC(=O)N[C@@H](CC(C)C)C(=O)N1C[C@H]2[C@@H]([C@H]1C(=O)N[C@@H](C[C@@H]1CCNC1=O)C(N)=O)C2(C)C. The van der Waals surface area contributed by atoms with Crippen molar-refractivity contribution in [1.29, 1.82) is 0 Å². The van der Waals surface area contributed by atoms with Crippen molar-refractivity contribution in [2.45, 2.75) is 72.0 Å². The van der Waals surface area contributed by atoms with Gasteiger partial charge < -0.3 is 26.6 Å². The van der Waals surface area contributed by atoms with Crippen LogP contribution in [0.2, 0.25) is 0 Å². The standard InChI is InChI=1S/C23H37N5O5/c1-11(2)8-16(26-12(3)29)22(33)28-10-14-17(23(14,4)5)18(28)21(32)27-15(19(24)30)9-13-6-7-25-20(13)31/h11,13-18H,6-10H2,1-5H3,(H2,24,30)(H,25,31)(H,26,29)(H,27,32)/t13-,14-,15-,16-,17-,18-/m0/s1. The zero-order valence-electron chi connectivity index (χ0n) is 20.1. The average molecular weight is 464 g/mol. The van der Waals surface area contributed by atoms with Gasteiger partial charge in [0.1, 0.15) is 18.1 Å². The van der Waals surface area contributed by atoms with Crippen LogP contribution in [0.3, 0.4) is 0 Å². The molecular weight excluding hydrogens is 426 g/mol. The van der Waals surface area contributed by atoms with Gasteiger partial charge in [0.2, 0.25) is 29.5 Å². The molecule has 33 heavy (non-hydrogen) atoms. The third-order valence-corrected chi connectivity index (χ3v) is 7.49. The van der Waals surface area contributed by atoms with Crippen molar-refractivity contribution in [3.8, 4) is 0 Å². The summed E-state index contributed by atoms with van der Waals surface area (Å²) in [6.07, 6.45) is 1.17. The zero-order valence-corrected chi connectivity index (χ0v) is 20.1. The Labute approximate surface area is 194 Å². The van der Waals surface area contributed by atoms with Gasteiger partial charge in [0.15, 0.2) is 0 Å². The highest BCUT2D eigenvalue weighted by atomic mass is 16.2. The fraction of sp³-hybridized carbons (Fsp3) is 0.783. The van der Waals surface area contributed by atoms with Crippen LogP contribution < -0.4 is 21.7 Å². The number of nitrogens with two attached hydrogens (primary N) is 1. The summed E-state index contributed by atoms with van der Waals surface area (Å²) in [5, 5.41) is 8.18. The third kappa shape index (κ3) is 5.14. The molecule has 2 heterocycles. The van der Waals surface area contributed by atoms with Gasteiger partial charge in [-0.25, -0.2) is 0 Å². The summed E-state index contributed by atoms with van der Waals surface area (Å²) in [6.45, 7) is 10.4. The van der Waals surface area contributed by atoms with Gasteiger partial charge in [-0.1, -0.05) is 27.7 Å². The number of hydrogen-bond donors (Lipinski definition) is 4. The Hall–Kier alpha value is -2.65. The van der Waals surface area contributed by atoms with Crippen molar-refractivity contribution in [3.63, 3.8) is 0 Å². The van der Waals surface area contributed by atoms with E-state index in [0.29, 0.717) is 25.9 Å². The van der Waals surface area contributed by atoms with Gasteiger partial charge in [-0.15, -0.1) is 0 Å². The fourth-order valence-electron chi connectivity index (χ4n) is 5.61. The van der Waals surface area contributed by atoms with E-state index in [-0.39, 0.29) is 53.2 Å². The van der Waals surface area contributed by atoms with Crippen LogP contribution in [0.1, 0.15) is 53.9 Å². The number of likely N-dealkylation sites (tertiary alicyclic amines) is 1. The lowest BCUT2D eigenvalue weighted by Gasteiger charge is -2.34. The number of piperidine rings is 1. The van der Waals surface area contributed by atoms with Crippen molar-refractivity contribution in [2.75, 3.05) is 13.1 Å². The Balaban J connectivity index is 1.78. The number of carbonyl (C=O) groups is 5. The number of hydrogen-bond acceptors (Lipinski definition) is 5. The maximum Gasteiger partial charge on any atom is 0.245 e. The van der Waals surface area contributed by atoms with Crippen LogP contribution in [-0.2, 0) is 24.0 Å². The molecule has 2 aliphatic heterocycles. The molecule has 10 nitrogen and oxygen atoms in total. The van der Waals surface area contributed by atoms with E-state index >= 15 is 0 Å². The fourth-order valence-corrected chi connectivity index (χ4v) is 5.61. The molecule has 0 aromatic rings. The lowest BCUT2D eigenvalue weighted by Crippen LogP contribution is -2.58. The van der Waals surface area contributed by atoms with E-state index in [1.807, 2.05) is 13.8 Å². The molecule has 1 aliphatic carbocycles. The topological polar surface area (TPSA) is 151 Å². The van der Waals surface area contributed by atoms with Crippen LogP contribution >= 0.6 is 0 Å². The summed E-state index contributed by atoms with van der Waals surface area (Å²) in [7, 11) is 0. The van der Waals surface area contributed by atoms with Crippen LogP contribution in [-0.4, -0.2) is 65.7 Å². The van der Waals surface area contributed by atoms with E-state index in [1.54, 1.807) is 4.90 Å². The minimum absolute atomic E-state index is 0.0400. The summed E-state index contributed by atoms with van der Waals surface area (Å²) in [6, 6.07) is -2.46. The van der Waals surface area contributed by atoms with E-state index in [0.717, 1.165) is 0 Å². The molecule has 5 N–H and O–H groups in total. The monoisotopic (exact) mass is 463 g/mol. The van der Waals surface area contributed by atoms with Gasteiger partial charge >= 0.3 is 0 Å². The Kier molecular flexibility index (Phi) is 7.04. The van der Waals surface area contributed by atoms with Gasteiger partial charge in [0.25, 0.3) is 0 Å². The van der Waals surface area contributed by atoms with Crippen LogP contribution in [0.15, 0.2) is 0 Å². The van der Waals surface area contributed by atoms with Crippen molar-refractivity contribution in [3.05, 3.63) is 0 Å². The van der Waals surface area contributed by atoms with Crippen LogP contribution in [0.25, 0.3) is 0 Å². The predicted octanol–water partition coefficient (Wildman–Crippen LogP) is -0.483. The number of amides is 5. The van der Waals surface area contributed by atoms with Gasteiger partial charge in [0.05, 0.1) is 0 Å². The molecule has 0 bridgehead atoms. The van der Waals surface area contributed by atoms with E-state index in [4.69, 9.17) is 5.73 Å². The van der Waals surface area contributed by atoms with Crippen molar-refractivity contribution in [2.24, 2.45) is 34.8 Å². The zero-order chi connectivity index (χ0) is 24.7. The molecule has 3 rings (SSSR count). The maximum absolute atomic E-state index is 13.4. The molecule has 0 spiro atoms. The summed E-state index contributed by atoms with van der Waals surface area (Å²) in [5.41, 5.74) is 5.44. The first-order valence-corrected chi connectivity index (χ1v) is 11.8. The molecule has 0 radical (unpaired) electrons. The van der Waals surface area contributed by atoms with E-state index in [9.17, 15) is 24.0 Å². The summed E-state index contributed by atoms with van der Waals surface area (Å²) < 4.78 is 0. The summed E-state index contributed by atoms with van der Waals surface area (Å²) in [5.74, 6) is -1.97. The summed E-state index contributed by atoms with van der Waals surface area (Å²) >= 11 is 0. The lowest BCUT2D eigenvalue weighted by atomic mass is 9.95. The molecule has 184 valence electrons. The number of nitrogens with zero attached hydrogens (tertiary/aromatic N) is 1. The largest absolute Gasteiger partial charge is 0.368 e. The van der Waals surface area contributed by atoms with Gasteiger partial charge in [0, 0.05) is 25.9 Å². The molecule has 6 atom stereocenters. The van der Waals surface area contributed by atoms with Crippen molar-refractivity contribution >= 4 is 29.5 Å². The van der Waals surface area contributed by atoms with Crippen LogP contribution in [0.4, 0.5) is 0 Å². The first-order chi connectivity index (χ1) is 15.3. The van der Waals surface area contributed by atoms with Gasteiger partial charge in [-0.05, 0) is 42.4 Å². The van der Waals surface area contributed by atoms with Gasteiger partial charge in [-0.3, -0.25) is 24.0 Å². The van der Waals surface area contributed by atoms with Gasteiger partial charge in [-0.2, -0.15) is 0 Å². The number of primary amides is 1. The minimum atomic E-state index is -0.994. The quantitative estimate of drug-likeness (QED) is 0.364. The molecule has 10 heteroatoms. The van der Waals surface area contributed by atoms with Crippen molar-refractivity contribution < 1.29 is 24.0 Å². The smallest absolute Gasteiger partial charge is 0.245 e. The predicted molar refractivity (Wildman–Crippen MR) is 120 cm³/mol. The number of carbonyl (C=O) groups excluding carboxylic acids is 5. The Morgan fingerprint density at radius 3 is 2.36 bits per heavy atom. The highest BCUT2D eigenvalue weighted by Crippen LogP contribution is 2.64. The Morgan fingerprint density at radius 2 is 1.85 bits per heavy atom. The Bertz CT molecular complexity index is 841. The first kappa shape index (κ1) is 25.0. The lowest BCUT2D eigenvalue weighted by molar-refractivity contribution is -0.144. The molecule has 2 saturated heterocycles. The second-order valence-corrected chi connectivity index (χ2v) is 10.7. The number of fused-ring (bicyclic) bond motifs is 1. The molecule has 0 unspecified atom stereocenters. The second kappa shape index (κ2) is 9.30. The molecule has 0 aromatic heterocycles. The van der Waals surface area contributed by atoms with E-state index < -0.39 is 29.9 Å². The molecule has 3 aliphatic rings. The van der Waals surface area contributed by atoms with Crippen molar-refractivity contribution in [1.82, 2.24) is 20.9 Å². The molecule has 3 fully saturated rings. The first-order valence-electron chi connectivity index (χ1n) is 11.8. The number of rotatable bonds is 9. The van der Waals surface area contributed by atoms with E-state index in [1.165, 1.54) is 6.92 Å².